The van der Waals surface area contributed by atoms with Crippen molar-refractivity contribution in [1.29, 1.82) is 0 Å². The fourth-order valence-corrected chi connectivity index (χ4v) is 4.32. The maximum absolute atomic E-state index is 13.9. The summed E-state index contributed by atoms with van der Waals surface area (Å²) in [4.78, 5) is 41.2. The van der Waals surface area contributed by atoms with E-state index in [2.05, 4.69) is 10.6 Å². The molecule has 1 unspecified atom stereocenters. The van der Waals surface area contributed by atoms with E-state index in [1.54, 1.807) is 25.7 Å². The first-order valence-electron chi connectivity index (χ1n) is 12.1. The molecule has 0 saturated heterocycles. The summed E-state index contributed by atoms with van der Waals surface area (Å²) in [7, 11) is 0. The summed E-state index contributed by atoms with van der Waals surface area (Å²) in [5.74, 6) is -0.583. The SMILES string of the molecule is Cc1cccc(C)c1NC(=O)C(c1c(C)cccc1C)N(C(=O)CNC(=O)OC(C)(C)C)C1CC1. The Morgan fingerprint density at radius 3 is 1.94 bits per heavy atom. The minimum Gasteiger partial charge on any atom is -0.444 e. The molecule has 188 valence electrons. The molecule has 0 spiro atoms. The molecule has 1 fully saturated rings. The number of para-hydroxylation sites is 1. The molecule has 0 aromatic heterocycles. The second-order valence-corrected chi connectivity index (χ2v) is 10.4. The minimum absolute atomic E-state index is 0.0596. The van der Waals surface area contributed by atoms with Crippen LogP contribution < -0.4 is 10.6 Å². The topological polar surface area (TPSA) is 87.7 Å². The molecule has 7 nitrogen and oxygen atoms in total. The monoisotopic (exact) mass is 479 g/mol. The molecule has 7 heteroatoms. The summed E-state index contributed by atoms with van der Waals surface area (Å²) in [6, 6.07) is 10.8. The van der Waals surface area contributed by atoms with E-state index in [-0.39, 0.29) is 24.4 Å². The van der Waals surface area contributed by atoms with E-state index >= 15 is 0 Å². The molecule has 2 aromatic rings. The molecule has 0 bridgehead atoms. The molecule has 0 aliphatic heterocycles. The van der Waals surface area contributed by atoms with Crippen LogP contribution >= 0.6 is 0 Å². The molecule has 1 atom stereocenters. The molecule has 1 saturated carbocycles. The summed E-state index contributed by atoms with van der Waals surface area (Å²) in [5, 5.41) is 5.66. The Kier molecular flexibility index (Phi) is 7.88. The highest BCUT2D eigenvalue weighted by Gasteiger charge is 2.42. The molecule has 3 amide bonds. The van der Waals surface area contributed by atoms with Gasteiger partial charge in [0.1, 0.15) is 18.2 Å². The number of nitrogens with one attached hydrogen (secondary N) is 2. The number of aryl methyl sites for hydroxylation is 4. The van der Waals surface area contributed by atoms with E-state index in [0.29, 0.717) is 0 Å². The normalized spacial score (nSPS) is 14.1. The van der Waals surface area contributed by atoms with Crippen molar-refractivity contribution in [2.75, 3.05) is 11.9 Å². The van der Waals surface area contributed by atoms with Crippen LogP contribution in [0, 0.1) is 27.7 Å². The van der Waals surface area contributed by atoms with Gasteiger partial charge in [0.25, 0.3) is 5.91 Å². The van der Waals surface area contributed by atoms with Gasteiger partial charge in [0.2, 0.25) is 5.91 Å². The van der Waals surface area contributed by atoms with Gasteiger partial charge in [-0.3, -0.25) is 9.59 Å². The van der Waals surface area contributed by atoms with Crippen molar-refractivity contribution in [2.24, 2.45) is 0 Å². The Morgan fingerprint density at radius 1 is 0.943 bits per heavy atom. The van der Waals surface area contributed by atoms with Crippen molar-refractivity contribution in [3.8, 4) is 0 Å². The number of anilines is 1. The minimum atomic E-state index is -0.823. The predicted molar refractivity (Wildman–Crippen MR) is 137 cm³/mol. The van der Waals surface area contributed by atoms with Gasteiger partial charge in [-0.2, -0.15) is 0 Å². The summed E-state index contributed by atoms with van der Waals surface area (Å²) in [6.45, 7) is 12.9. The maximum atomic E-state index is 13.9. The molecule has 2 aromatic carbocycles. The number of ether oxygens (including phenoxy) is 1. The Hall–Kier alpha value is -3.35. The van der Waals surface area contributed by atoms with E-state index < -0.39 is 17.7 Å². The number of carbonyl (C=O) groups excluding carboxylic acids is 3. The highest BCUT2D eigenvalue weighted by molar-refractivity contribution is 6.00. The van der Waals surface area contributed by atoms with Gasteiger partial charge in [-0.05, 0) is 89.1 Å². The first-order valence-corrected chi connectivity index (χ1v) is 12.1. The van der Waals surface area contributed by atoms with E-state index in [1.807, 2.05) is 64.1 Å². The van der Waals surface area contributed by atoms with Gasteiger partial charge >= 0.3 is 6.09 Å². The third kappa shape index (κ3) is 6.62. The second-order valence-electron chi connectivity index (χ2n) is 10.4. The summed E-state index contributed by atoms with van der Waals surface area (Å²) in [5.41, 5.74) is 4.67. The van der Waals surface area contributed by atoms with E-state index in [0.717, 1.165) is 46.3 Å². The average molecular weight is 480 g/mol. The van der Waals surface area contributed by atoms with Crippen molar-refractivity contribution < 1.29 is 19.1 Å². The fourth-order valence-electron chi connectivity index (χ4n) is 4.32. The van der Waals surface area contributed by atoms with Gasteiger partial charge in [0, 0.05) is 11.7 Å². The third-order valence-corrected chi connectivity index (χ3v) is 6.08. The number of hydrogen-bond acceptors (Lipinski definition) is 4. The van der Waals surface area contributed by atoms with E-state index in [1.165, 1.54) is 0 Å². The number of hydrogen-bond donors (Lipinski definition) is 2. The van der Waals surface area contributed by atoms with Crippen LogP contribution in [0.4, 0.5) is 10.5 Å². The number of amides is 3. The zero-order chi connectivity index (χ0) is 25.9. The van der Waals surface area contributed by atoms with E-state index in [9.17, 15) is 14.4 Å². The molecule has 35 heavy (non-hydrogen) atoms. The quantitative estimate of drug-likeness (QED) is 0.577. The van der Waals surface area contributed by atoms with Crippen LogP contribution in [0.3, 0.4) is 0 Å². The van der Waals surface area contributed by atoms with Gasteiger partial charge in [0.05, 0.1) is 0 Å². The van der Waals surface area contributed by atoms with Gasteiger partial charge in [-0.25, -0.2) is 4.79 Å². The number of rotatable bonds is 7. The summed E-state index contributed by atoms with van der Waals surface area (Å²) < 4.78 is 5.28. The zero-order valence-electron chi connectivity index (χ0n) is 21.8. The van der Waals surface area contributed by atoms with Crippen LogP contribution in [0.25, 0.3) is 0 Å². The van der Waals surface area contributed by atoms with Gasteiger partial charge < -0.3 is 20.3 Å². The Bertz CT molecular complexity index is 1080. The maximum Gasteiger partial charge on any atom is 0.408 e. The summed E-state index contributed by atoms with van der Waals surface area (Å²) >= 11 is 0. The molecule has 1 aliphatic carbocycles. The molecular formula is C28H37N3O4. The van der Waals surface area contributed by atoms with Crippen molar-refractivity contribution in [3.05, 3.63) is 64.2 Å². The molecule has 0 heterocycles. The smallest absolute Gasteiger partial charge is 0.408 e. The highest BCUT2D eigenvalue weighted by Crippen LogP contribution is 2.38. The molecule has 0 radical (unpaired) electrons. The van der Waals surface area contributed by atoms with Crippen molar-refractivity contribution in [1.82, 2.24) is 10.2 Å². The average Bonchev–Trinajstić information content (AvgIpc) is 3.57. The Balaban J connectivity index is 1.96. The van der Waals surface area contributed by atoms with Crippen LogP contribution in [0.5, 0.6) is 0 Å². The number of carbonyl (C=O) groups is 3. The fraction of sp³-hybridized carbons (Fsp3) is 0.464. The molecule has 3 rings (SSSR count). The molecule has 2 N–H and O–H groups in total. The number of benzene rings is 2. The van der Waals surface area contributed by atoms with Crippen LogP contribution in [0.15, 0.2) is 36.4 Å². The van der Waals surface area contributed by atoms with Crippen LogP contribution in [-0.2, 0) is 14.3 Å². The molecular weight excluding hydrogens is 442 g/mol. The van der Waals surface area contributed by atoms with Crippen molar-refractivity contribution in [3.63, 3.8) is 0 Å². The standard InChI is InChI=1S/C28H37N3O4/c1-17-10-8-11-18(2)23(17)25(26(33)30-24-19(3)12-9-13-20(24)4)31(21-14-15-21)22(32)16-29-27(34)35-28(5,6)7/h8-13,21,25H,14-16H2,1-7H3,(H,29,34)(H,30,33). The first-order chi connectivity index (χ1) is 16.4. The van der Waals surface area contributed by atoms with Crippen LogP contribution in [-0.4, -0.2) is 41.0 Å². The first kappa shape index (κ1) is 26.3. The third-order valence-electron chi connectivity index (χ3n) is 6.08. The Morgan fingerprint density at radius 2 is 1.46 bits per heavy atom. The second kappa shape index (κ2) is 10.5. The lowest BCUT2D eigenvalue weighted by Gasteiger charge is -2.34. The Labute approximate surface area is 208 Å². The number of alkyl carbamates (subject to hydrolysis) is 1. The van der Waals surface area contributed by atoms with Crippen LogP contribution in [0.1, 0.15) is 67.5 Å². The largest absolute Gasteiger partial charge is 0.444 e. The molecule has 1 aliphatic rings. The zero-order valence-corrected chi connectivity index (χ0v) is 21.8. The summed E-state index contributed by atoms with van der Waals surface area (Å²) in [6.07, 6.45) is 0.970. The van der Waals surface area contributed by atoms with Gasteiger partial charge in [-0.1, -0.05) is 36.4 Å². The van der Waals surface area contributed by atoms with E-state index in [4.69, 9.17) is 4.74 Å². The lowest BCUT2D eigenvalue weighted by atomic mass is 9.93. The lowest BCUT2D eigenvalue weighted by Crippen LogP contribution is -2.48. The van der Waals surface area contributed by atoms with Gasteiger partial charge in [0.15, 0.2) is 0 Å². The van der Waals surface area contributed by atoms with Crippen molar-refractivity contribution >= 4 is 23.6 Å². The van der Waals surface area contributed by atoms with Crippen molar-refractivity contribution in [2.45, 2.75) is 79.0 Å². The number of nitrogens with zero attached hydrogens (tertiary/aromatic N) is 1. The highest BCUT2D eigenvalue weighted by atomic mass is 16.6. The van der Waals surface area contributed by atoms with Gasteiger partial charge in [-0.15, -0.1) is 0 Å². The lowest BCUT2D eigenvalue weighted by molar-refractivity contribution is -0.139. The van der Waals surface area contributed by atoms with Crippen LogP contribution in [0.2, 0.25) is 0 Å². The predicted octanol–water partition coefficient (Wildman–Crippen LogP) is 5.12.